The Bertz CT molecular complexity index is 452. The highest BCUT2D eigenvalue weighted by molar-refractivity contribution is 6.74. The minimum atomic E-state index is -1.69. The fourth-order valence-electron chi connectivity index (χ4n) is 3.31. The lowest BCUT2D eigenvalue weighted by atomic mass is 10.0. The zero-order valence-electron chi connectivity index (χ0n) is 21.4. The molecular formula is C26H52O3Si. The van der Waals surface area contributed by atoms with Crippen LogP contribution >= 0.6 is 0 Å². The Balaban J connectivity index is 4.10. The van der Waals surface area contributed by atoms with Crippen LogP contribution < -0.4 is 0 Å². The van der Waals surface area contributed by atoms with Crippen LogP contribution in [0.3, 0.4) is 0 Å². The molecule has 178 valence electrons. The Morgan fingerprint density at radius 1 is 0.867 bits per heavy atom. The van der Waals surface area contributed by atoms with Crippen molar-refractivity contribution in [3.05, 3.63) is 12.2 Å². The van der Waals surface area contributed by atoms with E-state index in [1.807, 2.05) is 6.92 Å². The van der Waals surface area contributed by atoms with Crippen molar-refractivity contribution >= 4 is 14.3 Å². The van der Waals surface area contributed by atoms with Crippen LogP contribution in [0.4, 0.5) is 0 Å². The van der Waals surface area contributed by atoms with E-state index in [2.05, 4.69) is 52.9 Å². The molecule has 0 saturated carbocycles. The molecule has 0 aromatic carbocycles. The highest BCUT2D eigenvalue weighted by Gasteiger charge is 2.38. The van der Waals surface area contributed by atoms with Crippen LogP contribution in [0.5, 0.6) is 0 Å². The van der Waals surface area contributed by atoms with Crippen molar-refractivity contribution in [3.63, 3.8) is 0 Å². The van der Waals surface area contributed by atoms with E-state index in [4.69, 9.17) is 9.16 Å². The summed E-state index contributed by atoms with van der Waals surface area (Å²) < 4.78 is 11.7. The van der Waals surface area contributed by atoms with Gasteiger partial charge in [0.25, 0.3) is 0 Å². The summed E-state index contributed by atoms with van der Waals surface area (Å²) in [5.74, 6) is -0.0914. The largest absolute Gasteiger partial charge is 0.466 e. The van der Waals surface area contributed by atoms with Crippen LogP contribution in [-0.2, 0) is 14.0 Å². The summed E-state index contributed by atoms with van der Waals surface area (Å²) in [7, 11) is -1.69. The van der Waals surface area contributed by atoms with Crippen molar-refractivity contribution in [1.29, 1.82) is 0 Å². The molecule has 0 radical (unpaired) electrons. The smallest absolute Gasteiger partial charge is 0.306 e. The third-order valence-corrected chi connectivity index (χ3v) is 10.8. The molecule has 0 N–H and O–H groups in total. The van der Waals surface area contributed by atoms with Crippen LogP contribution in [-0.4, -0.2) is 27.0 Å². The Morgan fingerprint density at radius 2 is 1.43 bits per heavy atom. The van der Waals surface area contributed by atoms with Gasteiger partial charge in [0, 0.05) is 12.5 Å². The lowest BCUT2D eigenvalue weighted by Crippen LogP contribution is -2.44. The van der Waals surface area contributed by atoms with Gasteiger partial charge in [-0.25, -0.2) is 0 Å². The highest BCUT2D eigenvalue weighted by Crippen LogP contribution is 2.38. The number of unbranched alkanes of at least 4 members (excludes halogenated alkanes) is 7. The molecule has 0 heterocycles. The van der Waals surface area contributed by atoms with E-state index in [1.54, 1.807) is 0 Å². The average Bonchev–Trinajstić information content (AvgIpc) is 2.65. The Morgan fingerprint density at radius 3 is 2.00 bits per heavy atom. The first-order valence-corrected chi connectivity index (χ1v) is 15.5. The molecule has 0 rings (SSSR count). The van der Waals surface area contributed by atoms with Gasteiger partial charge in [0.2, 0.25) is 0 Å². The van der Waals surface area contributed by atoms with Gasteiger partial charge in [-0.2, -0.15) is 0 Å². The zero-order valence-corrected chi connectivity index (χ0v) is 22.4. The first-order chi connectivity index (χ1) is 14.1. The van der Waals surface area contributed by atoms with Gasteiger partial charge in [0.15, 0.2) is 8.32 Å². The van der Waals surface area contributed by atoms with E-state index < -0.39 is 8.32 Å². The number of hydrogen-bond acceptors (Lipinski definition) is 3. The minimum Gasteiger partial charge on any atom is -0.466 e. The summed E-state index contributed by atoms with van der Waals surface area (Å²) in [6, 6.07) is 0. The molecule has 0 amide bonds. The van der Waals surface area contributed by atoms with Crippen molar-refractivity contribution in [2.24, 2.45) is 0 Å². The number of carbonyl (C=O) groups excluding carboxylic acids is 1. The van der Waals surface area contributed by atoms with Crippen LogP contribution in [0.15, 0.2) is 12.2 Å². The van der Waals surface area contributed by atoms with Crippen LogP contribution in [0.25, 0.3) is 0 Å². The Kier molecular flexibility index (Phi) is 16.7. The molecule has 1 atom stereocenters. The maximum absolute atomic E-state index is 11.3. The quantitative estimate of drug-likeness (QED) is 0.0926. The predicted octanol–water partition coefficient (Wildman–Crippen LogP) is 8.59. The molecule has 0 spiro atoms. The van der Waals surface area contributed by atoms with E-state index in [0.717, 1.165) is 12.8 Å². The molecule has 0 aromatic heterocycles. The first-order valence-electron chi connectivity index (χ1n) is 12.6. The summed E-state index contributed by atoms with van der Waals surface area (Å²) in [6.07, 6.45) is 20.0. The lowest BCUT2D eigenvalue weighted by molar-refractivity contribution is -0.143. The van der Waals surface area contributed by atoms with Crippen LogP contribution in [0.1, 0.15) is 118 Å². The summed E-state index contributed by atoms with van der Waals surface area (Å²) in [4.78, 5) is 11.3. The van der Waals surface area contributed by atoms with E-state index in [0.29, 0.717) is 19.1 Å². The molecule has 30 heavy (non-hydrogen) atoms. The number of ether oxygens (including phenoxy) is 1. The van der Waals surface area contributed by atoms with Crippen molar-refractivity contribution in [2.75, 3.05) is 6.61 Å². The molecule has 3 nitrogen and oxygen atoms in total. The summed E-state index contributed by atoms with van der Waals surface area (Å²) in [5.41, 5.74) is 0. The molecule has 0 fully saturated rings. The standard InChI is InChI=1S/C26H52O3Si/c1-8-10-11-18-21-24(29-30(6,7)26(3,4)5)22-19-16-14-12-13-15-17-20-23-25(27)28-9-2/h15,17,24H,8-14,16,18-23H2,1-7H3/b17-15-. The molecule has 0 saturated heterocycles. The topological polar surface area (TPSA) is 35.5 Å². The van der Waals surface area contributed by atoms with Crippen molar-refractivity contribution in [2.45, 2.75) is 142 Å². The molecule has 0 aliphatic carbocycles. The van der Waals surface area contributed by atoms with E-state index >= 15 is 0 Å². The second-order valence-corrected chi connectivity index (χ2v) is 14.9. The summed E-state index contributed by atoms with van der Waals surface area (Å²) in [5, 5.41) is 0.286. The van der Waals surface area contributed by atoms with E-state index in [9.17, 15) is 4.79 Å². The summed E-state index contributed by atoms with van der Waals surface area (Å²) >= 11 is 0. The van der Waals surface area contributed by atoms with Gasteiger partial charge < -0.3 is 9.16 Å². The fraction of sp³-hybridized carbons (Fsp3) is 0.885. The Labute approximate surface area is 189 Å². The summed E-state index contributed by atoms with van der Waals surface area (Å²) in [6.45, 7) is 16.4. The maximum Gasteiger partial charge on any atom is 0.306 e. The minimum absolute atomic E-state index is 0.0914. The molecule has 0 aliphatic heterocycles. The third kappa shape index (κ3) is 15.2. The normalized spacial score (nSPS) is 13.7. The van der Waals surface area contributed by atoms with Gasteiger partial charge in [-0.15, -0.1) is 0 Å². The van der Waals surface area contributed by atoms with Gasteiger partial charge in [-0.1, -0.05) is 84.8 Å². The molecule has 0 aromatic rings. The van der Waals surface area contributed by atoms with Gasteiger partial charge in [-0.05, 0) is 57.2 Å². The van der Waals surface area contributed by atoms with Gasteiger partial charge in [0.05, 0.1) is 6.61 Å². The fourth-order valence-corrected chi connectivity index (χ4v) is 4.73. The molecule has 0 bridgehead atoms. The van der Waals surface area contributed by atoms with E-state index in [1.165, 1.54) is 64.2 Å². The highest BCUT2D eigenvalue weighted by atomic mass is 28.4. The van der Waals surface area contributed by atoms with Crippen molar-refractivity contribution in [3.8, 4) is 0 Å². The third-order valence-electron chi connectivity index (χ3n) is 6.28. The van der Waals surface area contributed by atoms with Crippen molar-refractivity contribution < 1.29 is 14.0 Å². The SMILES string of the molecule is CCCCCCC(CCCCCC/C=C\CCC(=O)OCC)O[Si](C)(C)C(C)(C)C. The monoisotopic (exact) mass is 440 g/mol. The van der Waals surface area contributed by atoms with E-state index in [-0.39, 0.29) is 11.0 Å². The number of allylic oxidation sites excluding steroid dienone is 2. The molecular weight excluding hydrogens is 388 g/mol. The van der Waals surface area contributed by atoms with Crippen LogP contribution in [0, 0.1) is 0 Å². The average molecular weight is 441 g/mol. The van der Waals surface area contributed by atoms with Gasteiger partial charge >= 0.3 is 5.97 Å². The zero-order chi connectivity index (χ0) is 22.9. The molecule has 1 unspecified atom stereocenters. The Hall–Kier alpha value is -0.613. The van der Waals surface area contributed by atoms with Gasteiger partial charge in [0.1, 0.15) is 0 Å². The van der Waals surface area contributed by atoms with Crippen molar-refractivity contribution in [1.82, 2.24) is 0 Å². The van der Waals surface area contributed by atoms with Gasteiger partial charge in [-0.3, -0.25) is 4.79 Å². The lowest BCUT2D eigenvalue weighted by Gasteiger charge is -2.39. The van der Waals surface area contributed by atoms with Crippen LogP contribution in [0.2, 0.25) is 18.1 Å². The second-order valence-electron chi connectivity index (χ2n) is 10.2. The molecule has 0 aliphatic rings. The number of hydrogen-bond donors (Lipinski definition) is 0. The first kappa shape index (κ1) is 29.4. The molecule has 4 heteroatoms. The predicted molar refractivity (Wildman–Crippen MR) is 134 cm³/mol. The number of carbonyl (C=O) groups is 1. The second kappa shape index (κ2) is 17.0. The number of esters is 1. The number of rotatable bonds is 18. The maximum atomic E-state index is 11.3.